The topological polar surface area (TPSA) is 52.0 Å². The van der Waals surface area contributed by atoms with Crippen LogP contribution in [0.15, 0.2) is 22.9 Å². The molecule has 11 heavy (non-hydrogen) atoms. The van der Waals surface area contributed by atoms with Crippen LogP contribution in [0, 0.1) is 6.92 Å². The fraction of sp³-hybridized carbons (Fsp3) is 0.125. The van der Waals surface area contributed by atoms with Crippen LogP contribution in [0.3, 0.4) is 0 Å². The highest BCUT2D eigenvalue weighted by Gasteiger charge is 2.00. The van der Waals surface area contributed by atoms with Crippen molar-refractivity contribution in [2.75, 3.05) is 5.73 Å². The van der Waals surface area contributed by atoms with Crippen LogP contribution in [0.4, 0.5) is 5.69 Å². The van der Waals surface area contributed by atoms with Crippen molar-refractivity contribution in [2.45, 2.75) is 6.92 Å². The largest absolute Gasteiger partial charge is 0.398 e. The van der Waals surface area contributed by atoms with Crippen LogP contribution in [0.1, 0.15) is 5.56 Å². The van der Waals surface area contributed by atoms with Gasteiger partial charge in [-0.15, -0.1) is 0 Å². The van der Waals surface area contributed by atoms with Crippen molar-refractivity contribution in [1.82, 2.24) is 5.16 Å². The van der Waals surface area contributed by atoms with E-state index >= 15 is 0 Å². The summed E-state index contributed by atoms with van der Waals surface area (Å²) in [7, 11) is 0. The lowest BCUT2D eigenvalue weighted by Gasteiger charge is -1.96. The van der Waals surface area contributed by atoms with Gasteiger partial charge in [0.15, 0.2) is 5.58 Å². The first-order chi connectivity index (χ1) is 5.27. The summed E-state index contributed by atoms with van der Waals surface area (Å²) in [6.07, 6.45) is 1.66. The maximum absolute atomic E-state index is 5.68. The van der Waals surface area contributed by atoms with E-state index in [-0.39, 0.29) is 0 Å². The highest BCUT2D eigenvalue weighted by Crippen LogP contribution is 2.20. The molecule has 2 aromatic rings. The zero-order valence-corrected chi connectivity index (χ0v) is 6.16. The van der Waals surface area contributed by atoms with Crippen molar-refractivity contribution in [3.8, 4) is 0 Å². The molecule has 0 atom stereocenters. The number of fused-ring (bicyclic) bond motifs is 1. The molecule has 2 rings (SSSR count). The van der Waals surface area contributed by atoms with Crippen LogP contribution in [0.25, 0.3) is 11.0 Å². The summed E-state index contributed by atoms with van der Waals surface area (Å²) in [6, 6.07) is 3.75. The van der Waals surface area contributed by atoms with Crippen LogP contribution in [0.2, 0.25) is 0 Å². The molecule has 0 bridgehead atoms. The minimum absolute atomic E-state index is 0.778. The number of aromatic nitrogens is 1. The summed E-state index contributed by atoms with van der Waals surface area (Å²) in [5.41, 5.74) is 8.27. The fourth-order valence-corrected chi connectivity index (χ4v) is 1.04. The van der Waals surface area contributed by atoms with Gasteiger partial charge in [-0.25, -0.2) is 0 Å². The SMILES string of the molecule is Cc1cc2oncc2cc1N. The van der Waals surface area contributed by atoms with Crippen LogP contribution in [-0.2, 0) is 0 Å². The lowest BCUT2D eigenvalue weighted by molar-refractivity contribution is 0.456. The molecule has 0 fully saturated rings. The molecule has 0 saturated heterocycles. The highest BCUT2D eigenvalue weighted by molar-refractivity contribution is 5.81. The molecule has 0 amide bonds. The predicted octanol–water partition coefficient (Wildman–Crippen LogP) is 1.72. The van der Waals surface area contributed by atoms with Gasteiger partial charge in [0.2, 0.25) is 0 Å². The number of nitrogen functional groups attached to an aromatic ring is 1. The average Bonchev–Trinajstić information content (AvgIpc) is 2.36. The maximum atomic E-state index is 5.68. The molecule has 0 aliphatic heterocycles. The molecule has 1 aromatic carbocycles. The maximum Gasteiger partial charge on any atom is 0.167 e. The Labute approximate surface area is 63.8 Å². The van der Waals surface area contributed by atoms with E-state index in [0.717, 1.165) is 22.2 Å². The Balaban J connectivity index is 2.86. The summed E-state index contributed by atoms with van der Waals surface area (Å²) in [4.78, 5) is 0. The Morgan fingerprint density at radius 3 is 3.09 bits per heavy atom. The molecule has 3 nitrogen and oxygen atoms in total. The summed E-state index contributed by atoms with van der Waals surface area (Å²) in [5, 5.41) is 4.60. The Hall–Kier alpha value is -1.51. The van der Waals surface area contributed by atoms with E-state index in [1.165, 1.54) is 0 Å². The predicted molar refractivity (Wildman–Crippen MR) is 43.2 cm³/mol. The molecule has 1 heterocycles. The first-order valence-electron chi connectivity index (χ1n) is 3.38. The zero-order valence-electron chi connectivity index (χ0n) is 6.16. The van der Waals surface area contributed by atoms with E-state index < -0.39 is 0 Å². The van der Waals surface area contributed by atoms with E-state index in [9.17, 15) is 0 Å². The van der Waals surface area contributed by atoms with E-state index in [4.69, 9.17) is 10.3 Å². The second kappa shape index (κ2) is 1.99. The second-order valence-corrected chi connectivity index (χ2v) is 2.57. The lowest BCUT2D eigenvalue weighted by Crippen LogP contribution is -1.87. The molecule has 1 aromatic heterocycles. The van der Waals surface area contributed by atoms with Crippen LogP contribution < -0.4 is 5.73 Å². The molecule has 0 unspecified atom stereocenters. The second-order valence-electron chi connectivity index (χ2n) is 2.57. The third-order valence-electron chi connectivity index (χ3n) is 1.74. The van der Waals surface area contributed by atoms with Crippen molar-refractivity contribution >= 4 is 16.7 Å². The summed E-state index contributed by atoms with van der Waals surface area (Å²) >= 11 is 0. The Morgan fingerprint density at radius 1 is 1.45 bits per heavy atom. The van der Waals surface area contributed by atoms with Crippen LogP contribution in [-0.4, -0.2) is 5.16 Å². The summed E-state index contributed by atoms with van der Waals surface area (Å²) in [6.45, 7) is 1.94. The molecular formula is C8H8N2O. The lowest BCUT2D eigenvalue weighted by atomic mass is 10.1. The molecule has 3 heteroatoms. The van der Waals surface area contributed by atoms with Crippen LogP contribution >= 0.6 is 0 Å². The van der Waals surface area contributed by atoms with Crippen LogP contribution in [0.5, 0.6) is 0 Å². The molecule has 0 aliphatic rings. The Kier molecular flexibility index (Phi) is 1.12. The number of nitrogens with two attached hydrogens (primary N) is 1. The molecular weight excluding hydrogens is 140 g/mol. The van der Waals surface area contributed by atoms with Gasteiger partial charge in [0.05, 0.1) is 6.20 Å². The quantitative estimate of drug-likeness (QED) is 0.578. The van der Waals surface area contributed by atoms with Gasteiger partial charge in [-0.05, 0) is 24.6 Å². The summed E-state index contributed by atoms with van der Waals surface area (Å²) in [5.74, 6) is 0. The number of nitrogens with zero attached hydrogens (tertiary/aromatic N) is 1. The van der Waals surface area contributed by atoms with E-state index in [1.807, 2.05) is 19.1 Å². The number of hydrogen-bond acceptors (Lipinski definition) is 3. The van der Waals surface area contributed by atoms with Crippen molar-refractivity contribution in [2.24, 2.45) is 0 Å². The number of anilines is 1. The number of rotatable bonds is 0. The van der Waals surface area contributed by atoms with E-state index in [2.05, 4.69) is 5.16 Å². The van der Waals surface area contributed by atoms with E-state index in [0.29, 0.717) is 0 Å². The van der Waals surface area contributed by atoms with Gasteiger partial charge in [-0.2, -0.15) is 0 Å². The smallest absolute Gasteiger partial charge is 0.167 e. The first-order valence-corrected chi connectivity index (χ1v) is 3.38. The van der Waals surface area contributed by atoms with Gasteiger partial charge in [-0.1, -0.05) is 5.16 Å². The third-order valence-corrected chi connectivity index (χ3v) is 1.74. The minimum Gasteiger partial charge on any atom is -0.398 e. The van der Waals surface area contributed by atoms with Gasteiger partial charge in [0, 0.05) is 11.1 Å². The first kappa shape index (κ1) is 6.22. The summed E-state index contributed by atoms with van der Waals surface area (Å²) < 4.78 is 4.95. The molecule has 2 N–H and O–H groups in total. The normalized spacial score (nSPS) is 10.6. The third kappa shape index (κ3) is 0.852. The van der Waals surface area contributed by atoms with Gasteiger partial charge in [0.25, 0.3) is 0 Å². The Morgan fingerprint density at radius 2 is 2.27 bits per heavy atom. The minimum atomic E-state index is 0.778. The standard InChI is InChI=1S/C8H8N2O/c1-5-2-8-6(3-7(5)9)4-10-11-8/h2-4H,9H2,1H3. The molecule has 0 saturated carbocycles. The fourth-order valence-electron chi connectivity index (χ4n) is 1.04. The van der Waals surface area contributed by atoms with Crippen molar-refractivity contribution in [3.63, 3.8) is 0 Å². The molecule has 0 spiro atoms. The zero-order chi connectivity index (χ0) is 7.84. The highest BCUT2D eigenvalue weighted by atomic mass is 16.5. The van der Waals surface area contributed by atoms with Gasteiger partial charge < -0.3 is 10.3 Å². The van der Waals surface area contributed by atoms with Crippen molar-refractivity contribution in [1.29, 1.82) is 0 Å². The average molecular weight is 148 g/mol. The van der Waals surface area contributed by atoms with Gasteiger partial charge in [-0.3, -0.25) is 0 Å². The van der Waals surface area contributed by atoms with Crippen molar-refractivity contribution in [3.05, 3.63) is 23.9 Å². The Bertz CT molecular complexity index is 356. The number of aryl methyl sites for hydroxylation is 1. The monoisotopic (exact) mass is 148 g/mol. The molecule has 0 aliphatic carbocycles. The number of hydrogen-bond donors (Lipinski definition) is 1. The molecule has 0 radical (unpaired) electrons. The van der Waals surface area contributed by atoms with E-state index in [1.54, 1.807) is 6.20 Å². The van der Waals surface area contributed by atoms with Gasteiger partial charge in [0.1, 0.15) is 0 Å². The van der Waals surface area contributed by atoms with Crippen molar-refractivity contribution < 1.29 is 4.52 Å². The van der Waals surface area contributed by atoms with Gasteiger partial charge >= 0.3 is 0 Å². The number of benzene rings is 1. The molecule has 56 valence electrons.